The van der Waals surface area contributed by atoms with Crippen LogP contribution in [0.2, 0.25) is 0 Å². The SMILES string of the molecule is CC[C@@H](NC(=O)[C@@H](Cc1cn(C(=O)OC)c2ccccc12)NC(=O)[C@H](CC(C)(C)C)NC(=O)N1[C@H](C)CCC[C@@H]1C)C(=O)O. The van der Waals surface area contributed by atoms with Crippen molar-refractivity contribution >= 4 is 40.8 Å². The highest BCUT2D eigenvalue weighted by atomic mass is 16.5. The minimum absolute atomic E-state index is 0.0183. The zero-order valence-electron chi connectivity index (χ0n) is 26.8. The first-order valence-corrected chi connectivity index (χ1v) is 15.3. The first-order valence-electron chi connectivity index (χ1n) is 15.3. The number of nitrogens with zero attached hydrogens (tertiary/aromatic N) is 2. The lowest BCUT2D eigenvalue weighted by molar-refractivity contribution is -0.142. The molecule has 12 heteroatoms. The summed E-state index contributed by atoms with van der Waals surface area (Å²) in [6.45, 7) is 11.5. The third-order valence-electron chi connectivity index (χ3n) is 8.10. The van der Waals surface area contributed by atoms with Crippen molar-refractivity contribution in [3.05, 3.63) is 36.0 Å². The first-order chi connectivity index (χ1) is 20.7. The van der Waals surface area contributed by atoms with E-state index in [1.807, 2.05) is 34.6 Å². The van der Waals surface area contributed by atoms with Gasteiger partial charge < -0.3 is 30.7 Å². The maximum absolute atomic E-state index is 13.9. The maximum Gasteiger partial charge on any atom is 0.418 e. The summed E-state index contributed by atoms with van der Waals surface area (Å²) >= 11 is 0. The van der Waals surface area contributed by atoms with Crippen LogP contribution in [0, 0.1) is 5.41 Å². The molecule has 242 valence electrons. The van der Waals surface area contributed by atoms with Crippen LogP contribution < -0.4 is 16.0 Å². The monoisotopic (exact) mass is 613 g/mol. The Morgan fingerprint density at radius 2 is 1.55 bits per heavy atom. The number of carbonyl (C=O) groups is 5. The number of benzene rings is 1. The van der Waals surface area contributed by atoms with E-state index >= 15 is 0 Å². The molecule has 0 bridgehead atoms. The number of aliphatic carboxylic acids is 1. The topological polar surface area (TPSA) is 159 Å². The number of nitrogens with one attached hydrogen (secondary N) is 3. The quantitative estimate of drug-likeness (QED) is 0.315. The lowest BCUT2D eigenvalue weighted by Crippen LogP contribution is -2.60. The Morgan fingerprint density at radius 1 is 0.955 bits per heavy atom. The molecule has 0 unspecified atom stereocenters. The molecule has 1 aliphatic heterocycles. The smallest absolute Gasteiger partial charge is 0.418 e. The summed E-state index contributed by atoms with van der Waals surface area (Å²) in [6, 6.07) is 3.44. The molecule has 0 spiro atoms. The number of ether oxygens (including phenoxy) is 1. The van der Waals surface area contributed by atoms with E-state index in [0.717, 1.165) is 19.3 Å². The average molecular weight is 614 g/mol. The number of rotatable bonds is 10. The van der Waals surface area contributed by atoms with E-state index < -0.39 is 42.0 Å². The number of carbonyl (C=O) groups excluding carboxylic acids is 4. The van der Waals surface area contributed by atoms with Gasteiger partial charge in [-0.05, 0) is 63.0 Å². The van der Waals surface area contributed by atoms with Gasteiger partial charge >= 0.3 is 18.1 Å². The number of aromatic nitrogens is 1. The van der Waals surface area contributed by atoms with Crippen molar-refractivity contribution in [1.82, 2.24) is 25.4 Å². The third kappa shape index (κ3) is 8.51. The molecule has 4 N–H and O–H groups in total. The Bertz CT molecular complexity index is 1350. The minimum Gasteiger partial charge on any atom is -0.480 e. The number of hydrogen-bond acceptors (Lipinski definition) is 6. The molecule has 2 heterocycles. The van der Waals surface area contributed by atoms with E-state index in [1.54, 1.807) is 42.3 Å². The number of carboxylic acids is 1. The second-order valence-electron chi connectivity index (χ2n) is 12.9. The Balaban J connectivity index is 1.96. The van der Waals surface area contributed by atoms with Crippen LogP contribution in [0.15, 0.2) is 30.5 Å². The number of piperidine rings is 1. The van der Waals surface area contributed by atoms with Gasteiger partial charge in [-0.25, -0.2) is 14.4 Å². The number of amides is 4. The van der Waals surface area contributed by atoms with E-state index in [-0.39, 0.29) is 36.4 Å². The van der Waals surface area contributed by atoms with Crippen LogP contribution in [0.25, 0.3) is 10.9 Å². The largest absolute Gasteiger partial charge is 0.480 e. The Morgan fingerprint density at radius 3 is 2.11 bits per heavy atom. The van der Waals surface area contributed by atoms with Gasteiger partial charge in [-0.15, -0.1) is 0 Å². The third-order valence-corrected chi connectivity index (χ3v) is 8.10. The van der Waals surface area contributed by atoms with Crippen molar-refractivity contribution in [3.63, 3.8) is 0 Å². The van der Waals surface area contributed by atoms with Gasteiger partial charge in [-0.2, -0.15) is 0 Å². The van der Waals surface area contributed by atoms with E-state index in [0.29, 0.717) is 22.9 Å². The number of methoxy groups -OCH3 is 1. The highest BCUT2D eigenvalue weighted by Gasteiger charge is 2.35. The fourth-order valence-electron chi connectivity index (χ4n) is 5.84. The molecule has 1 aromatic heterocycles. The molecule has 1 aromatic carbocycles. The number of fused-ring (bicyclic) bond motifs is 1. The van der Waals surface area contributed by atoms with Gasteiger partial charge in [0.15, 0.2) is 0 Å². The molecule has 12 nitrogen and oxygen atoms in total. The number of likely N-dealkylation sites (tertiary alicyclic amines) is 1. The van der Waals surface area contributed by atoms with Crippen LogP contribution >= 0.6 is 0 Å². The number of carboxylic acid groups (broad SMARTS) is 1. The molecule has 2 aromatic rings. The highest BCUT2D eigenvalue weighted by molar-refractivity contribution is 5.95. The molecule has 5 atom stereocenters. The zero-order valence-corrected chi connectivity index (χ0v) is 26.8. The highest BCUT2D eigenvalue weighted by Crippen LogP contribution is 2.26. The van der Waals surface area contributed by atoms with Gasteiger partial charge in [0.05, 0.1) is 12.6 Å². The predicted molar refractivity (Wildman–Crippen MR) is 166 cm³/mol. The van der Waals surface area contributed by atoms with Crippen LogP contribution in [0.3, 0.4) is 0 Å². The van der Waals surface area contributed by atoms with Crippen LogP contribution in [0.5, 0.6) is 0 Å². The van der Waals surface area contributed by atoms with Crippen molar-refractivity contribution < 1.29 is 33.8 Å². The molecule has 44 heavy (non-hydrogen) atoms. The molecular weight excluding hydrogens is 566 g/mol. The summed E-state index contributed by atoms with van der Waals surface area (Å²) in [5, 5.41) is 18.5. The van der Waals surface area contributed by atoms with Crippen molar-refractivity contribution in [2.45, 2.75) is 110 Å². The molecular formula is C32H47N5O7. The van der Waals surface area contributed by atoms with Gasteiger partial charge in [0.1, 0.15) is 18.1 Å². The standard InChI is InChI=1S/C32H47N5O7/c1-8-23(29(40)41)33-27(38)24(16-21-18-36(31(43)44-7)26-15-10-9-14-22(21)26)34-28(39)25(17-32(4,5)6)35-30(42)37-19(2)12-11-13-20(37)3/h9-10,14-15,18-20,23-25H,8,11-13,16-17H2,1-7H3,(H,33,38)(H,34,39)(H,35,42)(H,40,41)/t19-,20+,23-,24-,25+/m1/s1. The summed E-state index contributed by atoms with van der Waals surface area (Å²) in [5.74, 6) is -2.46. The fraction of sp³-hybridized carbons (Fsp3) is 0.594. The number of hydrogen-bond donors (Lipinski definition) is 4. The summed E-state index contributed by atoms with van der Waals surface area (Å²) in [7, 11) is 1.26. The van der Waals surface area contributed by atoms with Crippen molar-refractivity contribution in [3.8, 4) is 0 Å². The fourth-order valence-corrected chi connectivity index (χ4v) is 5.84. The van der Waals surface area contributed by atoms with Gasteiger partial charge in [0.25, 0.3) is 0 Å². The van der Waals surface area contributed by atoms with E-state index in [9.17, 15) is 29.1 Å². The lowest BCUT2D eigenvalue weighted by Gasteiger charge is -2.40. The predicted octanol–water partition coefficient (Wildman–Crippen LogP) is 4.04. The van der Waals surface area contributed by atoms with Crippen LogP contribution in [0.4, 0.5) is 9.59 Å². The van der Waals surface area contributed by atoms with Crippen LogP contribution in [-0.4, -0.2) is 81.8 Å². The number of urea groups is 1. The van der Waals surface area contributed by atoms with E-state index in [2.05, 4.69) is 16.0 Å². The second kappa shape index (κ2) is 14.6. The van der Waals surface area contributed by atoms with E-state index in [4.69, 9.17) is 4.74 Å². The molecule has 1 aliphatic rings. The van der Waals surface area contributed by atoms with Gasteiger partial charge in [0.2, 0.25) is 11.8 Å². The Labute approximate surface area is 258 Å². The summed E-state index contributed by atoms with van der Waals surface area (Å²) in [5.41, 5.74) is 0.776. The summed E-state index contributed by atoms with van der Waals surface area (Å²) < 4.78 is 6.23. The molecule has 4 amide bonds. The first kappa shape index (κ1) is 34.4. The second-order valence-corrected chi connectivity index (χ2v) is 12.9. The van der Waals surface area contributed by atoms with Crippen LogP contribution in [-0.2, 0) is 25.5 Å². The summed E-state index contributed by atoms with van der Waals surface area (Å²) in [4.78, 5) is 66.9. The van der Waals surface area contributed by atoms with Crippen molar-refractivity contribution in [2.75, 3.05) is 7.11 Å². The van der Waals surface area contributed by atoms with Gasteiger partial charge in [0, 0.05) is 30.1 Å². The molecule has 1 fully saturated rings. The van der Waals surface area contributed by atoms with Crippen molar-refractivity contribution in [1.29, 1.82) is 0 Å². The molecule has 0 saturated carbocycles. The van der Waals surface area contributed by atoms with Crippen molar-refractivity contribution in [2.24, 2.45) is 5.41 Å². The van der Waals surface area contributed by atoms with Gasteiger partial charge in [-0.3, -0.25) is 14.2 Å². The average Bonchev–Trinajstić information content (AvgIpc) is 3.32. The maximum atomic E-state index is 13.9. The van der Waals surface area contributed by atoms with Crippen LogP contribution in [0.1, 0.15) is 79.2 Å². The molecule has 1 saturated heterocycles. The minimum atomic E-state index is -1.21. The Kier molecular flexibility index (Phi) is 11.4. The van der Waals surface area contributed by atoms with E-state index in [1.165, 1.54) is 11.7 Å². The summed E-state index contributed by atoms with van der Waals surface area (Å²) in [6.07, 6.45) is 4.08. The van der Waals surface area contributed by atoms with Gasteiger partial charge in [-0.1, -0.05) is 45.9 Å². The number of para-hydroxylation sites is 1. The molecule has 0 radical (unpaired) electrons. The molecule has 3 rings (SSSR count). The zero-order chi connectivity index (χ0) is 32.8. The lowest BCUT2D eigenvalue weighted by atomic mass is 9.87. The normalized spacial score (nSPS) is 19.0. The Hall–Kier alpha value is -4.09. The molecule has 0 aliphatic carbocycles.